The second-order valence-corrected chi connectivity index (χ2v) is 0. The van der Waals surface area contributed by atoms with Crippen molar-refractivity contribution in [3.63, 3.8) is 0 Å². The second-order valence-electron chi connectivity index (χ2n) is 0. The summed E-state index contributed by atoms with van der Waals surface area (Å²) in [5.74, 6) is 0. The highest BCUT2D eigenvalue weighted by atomic mass is 29.1. The minimum atomic E-state index is 1.44. The zero-order valence-electron chi connectivity index (χ0n) is 4.83. The van der Waals surface area contributed by atoms with Gasteiger partial charge in [-0.1, -0.05) is 0 Å². The Morgan fingerprint density at radius 2 is 0.667 bits per heavy atom. The summed E-state index contributed by atoms with van der Waals surface area (Å²) in [6.07, 6.45) is 0. The number of rotatable bonds is 0. The van der Waals surface area contributed by atoms with Crippen LogP contribution in [-0.4, -0.2) is 19.5 Å². The molecule has 0 aromatic carbocycles. The molecule has 0 bridgehead atoms. The molecule has 0 rings (SSSR count). The van der Waals surface area contributed by atoms with E-state index in [-0.39, 0.29) is 0 Å². The first-order valence-corrected chi connectivity index (χ1v) is 10.0. The second kappa shape index (κ2) is 10100. The highest BCUT2D eigenvalue weighted by Crippen LogP contribution is 0.864. The summed E-state index contributed by atoms with van der Waals surface area (Å²) in [6.45, 7) is 12.0. The van der Waals surface area contributed by atoms with Gasteiger partial charge < -0.3 is 0 Å². The van der Waals surface area contributed by atoms with E-state index >= 15 is 0 Å². The van der Waals surface area contributed by atoms with Crippen molar-refractivity contribution in [1.82, 2.24) is 0 Å². The molecule has 0 aromatic rings. The van der Waals surface area contributed by atoms with Crippen molar-refractivity contribution in [3.05, 3.63) is 26.3 Å². The van der Waals surface area contributed by atoms with Crippen LogP contribution in [0.5, 0.6) is 0 Å². The average molecular weight is 118 g/mol. The van der Waals surface area contributed by atoms with Gasteiger partial charge in [-0.15, -0.1) is 26.3 Å². The monoisotopic (exact) mass is 118 g/mol. The molecule has 0 aromatic heterocycles. The van der Waals surface area contributed by atoms with Crippen LogP contribution in [-0.2, 0) is 0 Å². The van der Waals surface area contributed by atoms with Gasteiger partial charge in [0.2, 0.25) is 0 Å². The topological polar surface area (TPSA) is 0 Å². The van der Waals surface area contributed by atoms with Crippen molar-refractivity contribution in [1.29, 1.82) is 0 Å². The van der Waals surface area contributed by atoms with E-state index in [1.165, 1.54) is 19.5 Å². The molecule has 0 saturated carbocycles. The van der Waals surface area contributed by atoms with E-state index in [0.717, 1.165) is 0 Å². The molecule has 0 aliphatic rings. The molecule has 0 saturated heterocycles. The van der Waals surface area contributed by atoms with Gasteiger partial charge in [0.15, 0.2) is 0 Å². The van der Waals surface area contributed by atoms with Crippen molar-refractivity contribution in [2.75, 3.05) is 0 Å². The van der Waals surface area contributed by atoms with Crippen LogP contribution < -0.4 is 0 Å². The maximum atomic E-state index is 3.00. The highest BCUT2D eigenvalue weighted by Gasteiger charge is 0.988. The maximum Gasteiger partial charge on any atom is -0.0125 e. The molecule has 0 spiro atoms. The lowest BCUT2D eigenvalue weighted by molar-refractivity contribution is 2.81. The summed E-state index contributed by atoms with van der Waals surface area (Å²) >= 11 is 0. The lowest BCUT2D eigenvalue weighted by Gasteiger charge is -1.01. The minimum absolute atomic E-state index is 1.44. The van der Waals surface area contributed by atoms with Crippen LogP contribution in [0, 0.1) is 0 Å². The molecule has 0 atom stereocenters. The predicted molar refractivity (Wildman–Crippen MR) is 42.4 cm³/mol. The Morgan fingerprint density at radius 3 is 0.667 bits per heavy atom. The van der Waals surface area contributed by atoms with Gasteiger partial charge in [0.25, 0.3) is 0 Å². The maximum absolute atomic E-state index is 3.00. The van der Waals surface area contributed by atoms with Crippen molar-refractivity contribution >= 4 is 19.5 Å². The third-order valence-corrected chi connectivity index (χ3v) is 0. The largest absolute Gasteiger partial charge is 0.106 e. The van der Waals surface area contributed by atoms with Gasteiger partial charge in [0.1, 0.15) is 0 Å². The molecule has 0 N–H and O–H groups in total. The molecule has 0 unspecified atom stereocenters. The number of hydrogen-bond donors (Lipinski definition) is 0. The quantitative estimate of drug-likeness (QED) is 0.290. The van der Waals surface area contributed by atoms with Gasteiger partial charge >= 0.3 is 0 Å². The van der Waals surface area contributed by atoms with Crippen molar-refractivity contribution in [2.45, 2.75) is 0 Å². The summed E-state index contributed by atoms with van der Waals surface area (Å²) in [6, 6.07) is 0. The molecule has 2 heteroatoms. The fraction of sp³-hybridized carbons (Fsp3) is 0. The molecule has 0 aliphatic heterocycles. The van der Waals surface area contributed by atoms with Gasteiger partial charge in [-0.3, -0.25) is 0 Å². The Bertz CT molecular complexity index is 7.51. The third-order valence-electron chi connectivity index (χ3n) is 0. The molecule has 0 aliphatic carbocycles. The summed E-state index contributed by atoms with van der Waals surface area (Å²) in [7, 11) is 2.89. The Morgan fingerprint density at radius 1 is 0.667 bits per heavy atom. The Hall–Kier alpha value is -0.0862. The zero-order valence-corrected chi connectivity index (χ0v) is 8.83. The van der Waals surface area contributed by atoms with E-state index in [9.17, 15) is 0 Å². The lowest BCUT2D eigenvalue weighted by Crippen LogP contribution is -1.38. The minimum Gasteiger partial charge on any atom is -0.106 e. The normalized spacial score (nSPS) is 3.33. The molecule has 0 heterocycles. The van der Waals surface area contributed by atoms with Crippen LogP contribution in [0.15, 0.2) is 26.3 Å². The highest BCUT2D eigenvalue weighted by molar-refractivity contribution is 6.75. The Kier molecular flexibility index (Phi) is 28400. The van der Waals surface area contributed by atoms with Gasteiger partial charge in [-0.05, 0) is 19.5 Å². The molecular weight excluding hydrogens is 104 g/mol. The van der Waals surface area contributed by atoms with E-state index in [1.54, 1.807) is 0 Å². The fourth-order valence-electron chi connectivity index (χ4n) is 0. The van der Waals surface area contributed by atoms with Gasteiger partial charge in [-0.25, -0.2) is 0 Å². The van der Waals surface area contributed by atoms with Crippen LogP contribution in [0.1, 0.15) is 0 Å². The Balaban J connectivity index is -0.0000000225. The van der Waals surface area contributed by atoms with Gasteiger partial charge in [0.05, 0.1) is 0 Å². The van der Waals surface area contributed by atoms with Crippen molar-refractivity contribution < 1.29 is 0 Å². The third kappa shape index (κ3) is 4470. The first-order chi connectivity index (χ1) is 3.00. The van der Waals surface area contributed by atoms with Gasteiger partial charge in [0, 0.05) is 0 Å². The van der Waals surface area contributed by atoms with Crippen LogP contribution in [0.25, 0.3) is 0 Å². The summed E-state index contributed by atoms with van der Waals surface area (Å²) in [5.41, 5.74) is 0. The van der Waals surface area contributed by atoms with Crippen LogP contribution in [0.3, 0.4) is 0 Å². The van der Waals surface area contributed by atoms with E-state index in [0.29, 0.717) is 0 Å². The molecule has 0 amide bonds. The molecule has 38 valence electrons. The van der Waals surface area contributed by atoms with E-state index in [1.807, 2.05) is 0 Å². The lowest BCUT2D eigenvalue weighted by atomic mass is 11.3. The average Bonchev–Trinajstić information content (AvgIpc) is 1.81. The fourth-order valence-corrected chi connectivity index (χ4v) is 0. The summed E-state index contributed by atoms with van der Waals surface area (Å²) in [5, 5.41) is 0. The van der Waals surface area contributed by atoms with E-state index in [4.69, 9.17) is 0 Å². The van der Waals surface area contributed by atoms with Crippen molar-refractivity contribution in [2.24, 2.45) is 0 Å². The zero-order chi connectivity index (χ0) is 6.00. The van der Waals surface area contributed by atoms with Crippen LogP contribution in [0.2, 0.25) is 0 Å². The molecule has 6 heavy (non-hydrogen) atoms. The first kappa shape index (κ1) is 16.8. The summed E-state index contributed by atoms with van der Waals surface area (Å²) in [4.78, 5) is 0. The molecule has 0 fully saturated rings. The standard InChI is InChI=1S/2C2H4.H6Si2/c3*1-2/h2*1-2H2;1-2H3. The molecule has 0 nitrogen and oxygen atoms in total. The Labute approximate surface area is 46.6 Å². The smallest absolute Gasteiger partial charge is 0.0125 e. The summed E-state index contributed by atoms with van der Waals surface area (Å²) < 4.78 is 0. The van der Waals surface area contributed by atoms with Crippen molar-refractivity contribution in [3.8, 4) is 0 Å². The first-order valence-electron chi connectivity index (χ1n) is 2.00. The van der Waals surface area contributed by atoms with Crippen LogP contribution >= 0.6 is 0 Å². The van der Waals surface area contributed by atoms with E-state index < -0.39 is 0 Å². The predicted octanol–water partition coefficient (Wildman–Crippen LogP) is -0.763. The molecule has 0 radical (unpaired) electrons. The molecular formula is C4H14Si2. The number of hydrogen-bond acceptors (Lipinski definition) is 0. The van der Waals surface area contributed by atoms with Gasteiger partial charge in [-0.2, -0.15) is 0 Å². The van der Waals surface area contributed by atoms with E-state index in [2.05, 4.69) is 26.3 Å². The SMILES string of the molecule is C=C.C=C.[SiH3][SiH3]. The van der Waals surface area contributed by atoms with Crippen LogP contribution in [0.4, 0.5) is 0 Å².